The van der Waals surface area contributed by atoms with Crippen LogP contribution in [0.25, 0.3) is 0 Å². The van der Waals surface area contributed by atoms with Gasteiger partial charge in [0.1, 0.15) is 36.8 Å². The van der Waals surface area contributed by atoms with Crippen molar-refractivity contribution >= 4 is 22.1 Å². The zero-order valence-electron chi connectivity index (χ0n) is 41.6. The van der Waals surface area contributed by atoms with Gasteiger partial charge in [0.15, 0.2) is 12.4 Å². The van der Waals surface area contributed by atoms with Gasteiger partial charge < -0.3 is 34.3 Å². The van der Waals surface area contributed by atoms with Crippen LogP contribution in [-0.2, 0) is 38.7 Å². The molecule has 0 spiro atoms. The molecular weight excluding hydrogens is 861 g/mol. The minimum Gasteiger partial charge on any atom is -0.462 e. The molecule has 0 radical (unpaired) electrons. The van der Waals surface area contributed by atoms with Crippen LogP contribution in [0.1, 0.15) is 232 Å². The van der Waals surface area contributed by atoms with Gasteiger partial charge in [0.05, 0.1) is 6.61 Å². The highest BCUT2D eigenvalue weighted by atomic mass is 32.2. The van der Waals surface area contributed by atoms with E-state index in [4.69, 9.17) is 18.9 Å². The Morgan fingerprint density at radius 3 is 1.36 bits per heavy atom. The Hall–Kier alpha value is -2.13. The summed E-state index contributed by atoms with van der Waals surface area (Å²) in [7, 11) is -4.61. The molecular formula is C53H96O12S. The van der Waals surface area contributed by atoms with Gasteiger partial charge in [-0.2, -0.15) is 8.42 Å². The molecule has 0 bridgehead atoms. The molecule has 1 rings (SSSR count). The summed E-state index contributed by atoms with van der Waals surface area (Å²) in [5, 5.41) is 31.0. The molecule has 0 saturated carbocycles. The summed E-state index contributed by atoms with van der Waals surface area (Å²) in [5.41, 5.74) is 0. The summed E-state index contributed by atoms with van der Waals surface area (Å²) >= 11 is 0. The summed E-state index contributed by atoms with van der Waals surface area (Å²) in [6.45, 7) is 3.75. The first-order valence-electron chi connectivity index (χ1n) is 26.5. The van der Waals surface area contributed by atoms with E-state index in [9.17, 15) is 37.9 Å². The van der Waals surface area contributed by atoms with Crippen LogP contribution in [-0.4, -0.2) is 96.0 Å². The molecule has 6 atom stereocenters. The number of carbonyl (C=O) groups is 2. The molecule has 1 aliphatic rings. The fourth-order valence-corrected chi connectivity index (χ4v) is 8.74. The van der Waals surface area contributed by atoms with Crippen molar-refractivity contribution in [2.75, 3.05) is 19.0 Å². The Kier molecular flexibility index (Phi) is 40.3. The molecule has 13 heteroatoms. The Morgan fingerprint density at radius 2 is 0.894 bits per heavy atom. The van der Waals surface area contributed by atoms with Crippen LogP contribution < -0.4 is 0 Å². The van der Waals surface area contributed by atoms with Crippen molar-refractivity contribution in [2.45, 2.75) is 269 Å². The molecule has 4 N–H and O–H groups in total. The molecule has 0 amide bonds. The Bertz CT molecular complexity index is 1350. The van der Waals surface area contributed by atoms with Crippen LogP contribution in [0.5, 0.6) is 0 Å². The number of esters is 2. The molecule has 386 valence electrons. The van der Waals surface area contributed by atoms with Gasteiger partial charge in [0.25, 0.3) is 10.1 Å². The zero-order valence-corrected chi connectivity index (χ0v) is 42.4. The molecule has 0 aromatic heterocycles. The molecule has 1 saturated heterocycles. The summed E-state index contributed by atoms with van der Waals surface area (Å²) < 4.78 is 54.2. The second kappa shape index (κ2) is 42.9. The van der Waals surface area contributed by atoms with Gasteiger partial charge in [-0.15, -0.1) is 0 Å². The third kappa shape index (κ3) is 36.9. The number of aliphatic hydroxyl groups is 3. The molecule has 66 heavy (non-hydrogen) atoms. The van der Waals surface area contributed by atoms with Crippen LogP contribution in [0, 0.1) is 0 Å². The fourth-order valence-electron chi connectivity index (χ4n) is 8.05. The van der Waals surface area contributed by atoms with E-state index >= 15 is 0 Å². The number of aliphatic hydroxyl groups excluding tert-OH is 3. The van der Waals surface area contributed by atoms with Gasteiger partial charge >= 0.3 is 11.9 Å². The topological polar surface area (TPSA) is 186 Å². The maximum Gasteiger partial charge on any atom is 0.306 e. The van der Waals surface area contributed by atoms with Gasteiger partial charge in [-0.25, -0.2) is 0 Å². The molecule has 12 nitrogen and oxygen atoms in total. The zero-order chi connectivity index (χ0) is 48.4. The lowest BCUT2D eigenvalue weighted by atomic mass is 10.00. The lowest BCUT2D eigenvalue weighted by Crippen LogP contribution is -2.60. The Labute approximate surface area is 401 Å². The maximum atomic E-state index is 12.9. The van der Waals surface area contributed by atoms with Gasteiger partial charge in [-0.3, -0.25) is 14.1 Å². The highest BCUT2D eigenvalue weighted by Gasteiger charge is 2.46. The third-order valence-corrected chi connectivity index (χ3v) is 12.9. The quantitative estimate of drug-likeness (QED) is 0.0196. The standard InChI is InChI=1S/C53H96O12S/c1-3-5-7-9-11-13-15-17-19-20-21-22-23-24-25-26-28-30-32-34-36-38-40-42-49(55)64-46(44-63-53-52(58)51(57)50(56)47(65-53)45-66(59,60)61)43-62-48(54)41-39-37-35-33-31-29-27-18-16-14-12-10-8-6-4-2/h14,16,26,28,34,36,46-47,50-53,56-58H,3-13,15,17-25,27,29-33,35,37-45H2,1-2H3,(H,59,60,61)/b16-14+,28-26+,36-34+/t46-,47-,50-,51?,52?,53+/m1/s1. The van der Waals surface area contributed by atoms with Gasteiger partial charge in [0.2, 0.25) is 0 Å². The van der Waals surface area contributed by atoms with Crippen molar-refractivity contribution in [1.29, 1.82) is 0 Å². The van der Waals surface area contributed by atoms with Crippen molar-refractivity contribution < 1.29 is 56.8 Å². The second-order valence-electron chi connectivity index (χ2n) is 18.5. The first-order valence-corrected chi connectivity index (χ1v) is 28.2. The number of hydrogen-bond acceptors (Lipinski definition) is 11. The monoisotopic (exact) mass is 957 g/mol. The van der Waals surface area contributed by atoms with E-state index in [0.717, 1.165) is 44.9 Å². The first kappa shape index (κ1) is 61.9. The lowest BCUT2D eigenvalue weighted by molar-refractivity contribution is -0.297. The summed E-state index contributed by atoms with van der Waals surface area (Å²) in [5.74, 6) is -2.04. The smallest absolute Gasteiger partial charge is 0.306 e. The average molecular weight is 957 g/mol. The highest BCUT2D eigenvalue weighted by Crippen LogP contribution is 2.24. The van der Waals surface area contributed by atoms with E-state index in [-0.39, 0.29) is 19.4 Å². The van der Waals surface area contributed by atoms with E-state index in [2.05, 4.69) is 50.3 Å². The number of ether oxygens (including phenoxy) is 4. The van der Waals surface area contributed by atoms with Gasteiger partial charge in [0, 0.05) is 12.8 Å². The summed E-state index contributed by atoms with van der Waals surface area (Å²) in [6.07, 6.45) is 42.0. The predicted octanol–water partition coefficient (Wildman–Crippen LogP) is 12.1. The van der Waals surface area contributed by atoms with Crippen molar-refractivity contribution in [2.24, 2.45) is 0 Å². The van der Waals surface area contributed by atoms with E-state index < -0.39 is 71.2 Å². The molecule has 1 aliphatic heterocycles. The van der Waals surface area contributed by atoms with Crippen molar-refractivity contribution in [3.63, 3.8) is 0 Å². The minimum absolute atomic E-state index is 0.105. The van der Waals surface area contributed by atoms with Crippen LogP contribution >= 0.6 is 0 Å². The number of carbonyl (C=O) groups excluding carboxylic acids is 2. The fraction of sp³-hybridized carbons (Fsp3) is 0.849. The van der Waals surface area contributed by atoms with Gasteiger partial charge in [-0.1, -0.05) is 185 Å². The summed E-state index contributed by atoms with van der Waals surface area (Å²) in [4.78, 5) is 25.5. The van der Waals surface area contributed by atoms with Gasteiger partial charge in [-0.05, 0) is 70.6 Å². The van der Waals surface area contributed by atoms with E-state index in [1.165, 1.54) is 141 Å². The second-order valence-corrected chi connectivity index (χ2v) is 20.0. The van der Waals surface area contributed by atoms with Crippen molar-refractivity contribution in [3.05, 3.63) is 36.5 Å². The van der Waals surface area contributed by atoms with Crippen molar-refractivity contribution in [1.82, 2.24) is 0 Å². The third-order valence-electron chi connectivity index (χ3n) is 12.2. The molecule has 0 aliphatic carbocycles. The molecule has 0 aromatic rings. The number of rotatable bonds is 45. The Morgan fingerprint density at radius 1 is 0.500 bits per heavy atom. The number of hydrogen-bond donors (Lipinski definition) is 4. The van der Waals surface area contributed by atoms with Crippen LogP contribution in [0.15, 0.2) is 36.5 Å². The number of unbranched alkanes of at least 4 members (excludes halogenated alkanes) is 27. The lowest BCUT2D eigenvalue weighted by Gasteiger charge is -2.40. The van der Waals surface area contributed by atoms with E-state index in [0.29, 0.717) is 19.3 Å². The summed E-state index contributed by atoms with van der Waals surface area (Å²) in [6, 6.07) is 0. The SMILES string of the molecule is CCCCCC/C=C/CCCCCCCCCC(=O)OC[C@H](CO[C@H]1O[C@H](CS(=O)(=O)O)[C@@H](O)C(O)C1O)OC(=O)CCC/C=C/CC/C=C/CCCCCCCCCCCCCCCC. The maximum absolute atomic E-state index is 12.9. The average Bonchev–Trinajstić information content (AvgIpc) is 3.28. The Balaban J connectivity index is 2.37. The van der Waals surface area contributed by atoms with Crippen molar-refractivity contribution in [3.8, 4) is 0 Å². The van der Waals surface area contributed by atoms with Crippen LogP contribution in [0.4, 0.5) is 0 Å². The molecule has 1 heterocycles. The molecule has 1 fully saturated rings. The van der Waals surface area contributed by atoms with Crippen LogP contribution in [0.2, 0.25) is 0 Å². The molecule has 0 aromatic carbocycles. The molecule has 2 unspecified atom stereocenters. The predicted molar refractivity (Wildman–Crippen MR) is 266 cm³/mol. The highest BCUT2D eigenvalue weighted by molar-refractivity contribution is 7.85. The van der Waals surface area contributed by atoms with E-state index in [1.807, 2.05) is 0 Å². The largest absolute Gasteiger partial charge is 0.462 e. The normalized spacial score (nSPS) is 19.6. The minimum atomic E-state index is -4.61. The van der Waals surface area contributed by atoms with Crippen LogP contribution in [0.3, 0.4) is 0 Å². The first-order chi connectivity index (χ1) is 32.0. The van der Waals surface area contributed by atoms with E-state index in [1.54, 1.807) is 0 Å². The number of allylic oxidation sites excluding steroid dienone is 6.